The van der Waals surface area contributed by atoms with Crippen molar-refractivity contribution in [3.63, 3.8) is 0 Å². The summed E-state index contributed by atoms with van der Waals surface area (Å²) in [6.45, 7) is 11.3. The molecule has 100 valence electrons. The molecule has 0 atom stereocenters. The minimum absolute atomic E-state index is 0.258. The van der Waals surface area contributed by atoms with Gasteiger partial charge in [-0.1, -0.05) is 13.8 Å². The lowest BCUT2D eigenvalue weighted by atomic mass is 9.93. The predicted octanol–water partition coefficient (Wildman–Crippen LogP) is 2.56. The van der Waals surface area contributed by atoms with Crippen molar-refractivity contribution in [1.82, 2.24) is 9.47 Å². The van der Waals surface area contributed by atoms with Crippen LogP contribution in [-0.2, 0) is 7.05 Å². The fourth-order valence-corrected chi connectivity index (χ4v) is 2.79. The highest BCUT2D eigenvalue weighted by Gasteiger charge is 2.30. The van der Waals surface area contributed by atoms with E-state index in [0.717, 1.165) is 30.0 Å². The number of carbonyl (C=O) groups excluding carboxylic acids is 1. The minimum Gasteiger partial charge on any atom is -0.351 e. The molecule has 1 fully saturated rings. The van der Waals surface area contributed by atoms with Crippen LogP contribution in [0.4, 0.5) is 0 Å². The van der Waals surface area contributed by atoms with E-state index in [-0.39, 0.29) is 5.78 Å². The van der Waals surface area contributed by atoms with E-state index in [4.69, 9.17) is 0 Å². The van der Waals surface area contributed by atoms with Crippen LogP contribution in [0.5, 0.6) is 0 Å². The Morgan fingerprint density at radius 2 is 2.06 bits per heavy atom. The fourth-order valence-electron chi connectivity index (χ4n) is 2.79. The molecule has 1 saturated heterocycles. The standard InChI is InChI=1S/C15H24N2O/c1-11-8-13(12(2)16(11)5)14(18)9-17-7-6-15(3,4)10-17/h8H,6-7,9-10H2,1-5H3. The summed E-state index contributed by atoms with van der Waals surface area (Å²) in [6.07, 6.45) is 1.19. The van der Waals surface area contributed by atoms with Gasteiger partial charge in [0.2, 0.25) is 0 Å². The molecule has 0 saturated carbocycles. The monoisotopic (exact) mass is 248 g/mol. The summed E-state index contributed by atoms with van der Waals surface area (Å²) in [7, 11) is 2.01. The highest BCUT2D eigenvalue weighted by Crippen LogP contribution is 2.28. The molecule has 0 amide bonds. The second-order valence-corrected chi connectivity index (χ2v) is 6.39. The number of aromatic nitrogens is 1. The lowest BCUT2D eigenvalue weighted by Crippen LogP contribution is -2.29. The summed E-state index contributed by atoms with van der Waals surface area (Å²) in [5, 5.41) is 0. The normalized spacial score (nSPS) is 19.4. The Balaban J connectivity index is 2.07. The van der Waals surface area contributed by atoms with Crippen LogP contribution in [0, 0.1) is 19.3 Å². The van der Waals surface area contributed by atoms with Crippen LogP contribution in [0.2, 0.25) is 0 Å². The van der Waals surface area contributed by atoms with Crippen molar-refractivity contribution in [2.75, 3.05) is 19.6 Å². The molecule has 1 aliphatic rings. The number of nitrogens with zero attached hydrogens (tertiary/aromatic N) is 2. The number of hydrogen-bond acceptors (Lipinski definition) is 2. The number of ketones is 1. The van der Waals surface area contributed by atoms with E-state index in [1.165, 1.54) is 6.42 Å². The third-order valence-corrected chi connectivity index (χ3v) is 4.20. The van der Waals surface area contributed by atoms with Gasteiger partial charge in [0, 0.05) is 30.5 Å². The van der Waals surface area contributed by atoms with Crippen LogP contribution in [0.25, 0.3) is 0 Å². The summed E-state index contributed by atoms with van der Waals surface area (Å²) < 4.78 is 2.08. The van der Waals surface area contributed by atoms with E-state index in [9.17, 15) is 4.79 Å². The average molecular weight is 248 g/mol. The Morgan fingerprint density at radius 1 is 1.39 bits per heavy atom. The highest BCUT2D eigenvalue weighted by atomic mass is 16.1. The molecule has 0 spiro atoms. The molecule has 0 bridgehead atoms. The van der Waals surface area contributed by atoms with Crippen LogP contribution in [0.15, 0.2) is 6.07 Å². The number of carbonyl (C=O) groups is 1. The number of Topliss-reactive ketones (excluding diaryl/α,β-unsaturated/α-hetero) is 1. The molecule has 3 heteroatoms. The number of hydrogen-bond donors (Lipinski definition) is 0. The van der Waals surface area contributed by atoms with Crippen molar-refractivity contribution >= 4 is 5.78 Å². The maximum Gasteiger partial charge on any atom is 0.178 e. The first-order chi connectivity index (χ1) is 8.30. The average Bonchev–Trinajstić information content (AvgIpc) is 2.73. The van der Waals surface area contributed by atoms with Crippen LogP contribution in [-0.4, -0.2) is 34.9 Å². The zero-order valence-electron chi connectivity index (χ0n) is 12.2. The van der Waals surface area contributed by atoms with Gasteiger partial charge in [-0.05, 0) is 38.3 Å². The van der Waals surface area contributed by atoms with Gasteiger partial charge in [0.1, 0.15) is 0 Å². The van der Waals surface area contributed by atoms with Gasteiger partial charge in [0.05, 0.1) is 6.54 Å². The first-order valence-corrected chi connectivity index (χ1v) is 6.69. The summed E-state index contributed by atoms with van der Waals surface area (Å²) in [4.78, 5) is 14.6. The largest absolute Gasteiger partial charge is 0.351 e. The van der Waals surface area contributed by atoms with Gasteiger partial charge >= 0.3 is 0 Å². The Hall–Kier alpha value is -1.09. The zero-order chi connectivity index (χ0) is 13.5. The Bertz CT molecular complexity index is 471. The van der Waals surface area contributed by atoms with E-state index in [1.54, 1.807) is 0 Å². The summed E-state index contributed by atoms with van der Waals surface area (Å²) in [5.41, 5.74) is 3.48. The molecule has 1 aromatic rings. The van der Waals surface area contributed by atoms with Crippen LogP contribution in [0.1, 0.15) is 42.0 Å². The quantitative estimate of drug-likeness (QED) is 0.768. The van der Waals surface area contributed by atoms with Crippen LogP contribution in [0.3, 0.4) is 0 Å². The fraction of sp³-hybridized carbons (Fsp3) is 0.667. The van der Waals surface area contributed by atoms with Gasteiger partial charge in [0.25, 0.3) is 0 Å². The smallest absolute Gasteiger partial charge is 0.178 e. The number of likely N-dealkylation sites (tertiary alicyclic amines) is 1. The first-order valence-electron chi connectivity index (χ1n) is 6.69. The topological polar surface area (TPSA) is 25.2 Å². The molecule has 0 N–H and O–H groups in total. The molecular formula is C15H24N2O. The SMILES string of the molecule is Cc1cc(C(=O)CN2CCC(C)(C)C2)c(C)n1C. The van der Waals surface area contributed by atoms with Gasteiger partial charge in [-0.3, -0.25) is 9.69 Å². The molecule has 2 rings (SSSR count). The lowest BCUT2D eigenvalue weighted by Gasteiger charge is -2.18. The first kappa shape index (κ1) is 13.3. The van der Waals surface area contributed by atoms with E-state index in [0.29, 0.717) is 12.0 Å². The van der Waals surface area contributed by atoms with Gasteiger partial charge in [-0.25, -0.2) is 0 Å². The Morgan fingerprint density at radius 3 is 2.50 bits per heavy atom. The van der Waals surface area contributed by atoms with Gasteiger partial charge in [-0.15, -0.1) is 0 Å². The van der Waals surface area contributed by atoms with Crippen molar-refractivity contribution in [2.24, 2.45) is 12.5 Å². The zero-order valence-corrected chi connectivity index (χ0v) is 12.2. The van der Waals surface area contributed by atoms with Gasteiger partial charge in [0.15, 0.2) is 5.78 Å². The van der Waals surface area contributed by atoms with Crippen molar-refractivity contribution in [3.8, 4) is 0 Å². The molecule has 1 aromatic heterocycles. The second-order valence-electron chi connectivity index (χ2n) is 6.39. The van der Waals surface area contributed by atoms with Crippen molar-refractivity contribution in [2.45, 2.75) is 34.1 Å². The van der Waals surface area contributed by atoms with Crippen molar-refractivity contribution < 1.29 is 4.79 Å². The Labute approximate surface area is 110 Å². The molecule has 1 aliphatic heterocycles. The minimum atomic E-state index is 0.258. The molecule has 2 heterocycles. The molecule has 0 radical (unpaired) electrons. The van der Waals surface area contributed by atoms with Gasteiger partial charge < -0.3 is 4.57 Å². The number of aryl methyl sites for hydroxylation is 1. The summed E-state index contributed by atoms with van der Waals surface area (Å²) in [6, 6.07) is 2.01. The van der Waals surface area contributed by atoms with E-state index in [2.05, 4.69) is 23.3 Å². The van der Waals surface area contributed by atoms with Crippen molar-refractivity contribution in [3.05, 3.63) is 23.0 Å². The summed E-state index contributed by atoms with van der Waals surface area (Å²) in [5.74, 6) is 0.258. The molecule has 0 aromatic carbocycles. The van der Waals surface area contributed by atoms with Crippen LogP contribution >= 0.6 is 0 Å². The highest BCUT2D eigenvalue weighted by molar-refractivity contribution is 5.99. The van der Waals surface area contributed by atoms with Gasteiger partial charge in [-0.2, -0.15) is 0 Å². The number of rotatable bonds is 3. The predicted molar refractivity (Wildman–Crippen MR) is 74.1 cm³/mol. The lowest BCUT2D eigenvalue weighted by molar-refractivity contribution is 0.0939. The van der Waals surface area contributed by atoms with Crippen LogP contribution < -0.4 is 0 Å². The van der Waals surface area contributed by atoms with E-state index < -0.39 is 0 Å². The maximum atomic E-state index is 12.3. The third-order valence-electron chi connectivity index (χ3n) is 4.20. The molecule has 0 aliphatic carbocycles. The van der Waals surface area contributed by atoms with E-state index >= 15 is 0 Å². The molecule has 18 heavy (non-hydrogen) atoms. The molecule has 0 unspecified atom stereocenters. The van der Waals surface area contributed by atoms with Crippen molar-refractivity contribution in [1.29, 1.82) is 0 Å². The molecular weight excluding hydrogens is 224 g/mol. The summed E-state index contributed by atoms with van der Waals surface area (Å²) >= 11 is 0. The van der Waals surface area contributed by atoms with E-state index in [1.807, 2.05) is 27.0 Å². The Kier molecular flexibility index (Phi) is 3.37. The second kappa shape index (κ2) is 4.54. The molecule has 3 nitrogen and oxygen atoms in total. The maximum absolute atomic E-state index is 12.3. The third kappa shape index (κ3) is 2.51.